The second-order valence-corrected chi connectivity index (χ2v) is 11.7. The Bertz CT molecular complexity index is 1450. The number of amides is 3. The van der Waals surface area contributed by atoms with Crippen molar-refractivity contribution in [3.8, 4) is 0 Å². The number of benzene rings is 3. The third kappa shape index (κ3) is 3.28. The van der Waals surface area contributed by atoms with E-state index in [9.17, 15) is 24.5 Å². The number of anilines is 1. The molecule has 7 rings (SSSR count). The predicted octanol–water partition coefficient (Wildman–Crippen LogP) is 5.15. The van der Waals surface area contributed by atoms with Gasteiger partial charge >= 0.3 is 0 Å². The van der Waals surface area contributed by atoms with Crippen molar-refractivity contribution >= 4 is 52.3 Å². The molecule has 1 saturated heterocycles. The van der Waals surface area contributed by atoms with Gasteiger partial charge in [0.1, 0.15) is 15.8 Å². The summed E-state index contributed by atoms with van der Waals surface area (Å²) in [6.45, 7) is 3.49. The number of non-ortho nitro benzene ring substituents is 1. The summed E-state index contributed by atoms with van der Waals surface area (Å²) in [6, 6.07) is 18.8. The van der Waals surface area contributed by atoms with Crippen molar-refractivity contribution in [3.05, 3.63) is 105 Å². The van der Waals surface area contributed by atoms with Crippen LogP contribution in [0.15, 0.2) is 72.8 Å². The Labute approximate surface area is 234 Å². The first kappa shape index (κ1) is 25.5. The Kier molecular flexibility index (Phi) is 5.65. The highest BCUT2D eigenvalue weighted by Crippen LogP contribution is 2.69. The van der Waals surface area contributed by atoms with Gasteiger partial charge in [0.05, 0.1) is 16.8 Å². The van der Waals surface area contributed by atoms with E-state index in [-0.39, 0.29) is 5.69 Å². The van der Waals surface area contributed by atoms with Gasteiger partial charge in [-0.2, -0.15) is 0 Å². The third-order valence-corrected chi connectivity index (χ3v) is 9.43. The van der Waals surface area contributed by atoms with Gasteiger partial charge in [0.15, 0.2) is 0 Å². The fraction of sp³-hybridized carbons (Fsp3) is 0.276. The zero-order valence-corrected chi connectivity index (χ0v) is 22.4. The molecule has 3 aromatic rings. The van der Waals surface area contributed by atoms with Crippen LogP contribution in [0.3, 0.4) is 0 Å². The number of carbonyl (C=O) groups excluding carboxylic acids is 3. The molecule has 3 atom stereocenters. The predicted molar refractivity (Wildman–Crippen MR) is 145 cm³/mol. The van der Waals surface area contributed by atoms with Crippen LogP contribution < -0.4 is 5.32 Å². The quantitative estimate of drug-likeness (QED) is 0.200. The van der Waals surface area contributed by atoms with E-state index < -0.39 is 56.2 Å². The lowest BCUT2D eigenvalue weighted by Gasteiger charge is -2.54. The van der Waals surface area contributed by atoms with Crippen LogP contribution in [-0.2, 0) is 24.1 Å². The third-order valence-electron chi connectivity index (χ3n) is 8.14. The lowest BCUT2D eigenvalue weighted by atomic mass is 9.54. The second kappa shape index (κ2) is 8.63. The number of carbonyl (C=O) groups is 3. The lowest BCUT2D eigenvalue weighted by molar-refractivity contribution is -0.384. The largest absolute Gasteiger partial charge is 0.324 e. The van der Waals surface area contributed by atoms with Crippen LogP contribution in [0.2, 0.25) is 0 Å². The number of nitro benzene ring substituents is 1. The summed E-state index contributed by atoms with van der Waals surface area (Å²) < 4.78 is 0. The Morgan fingerprint density at radius 2 is 1.26 bits per heavy atom. The SMILES string of the molecule is CC(C)[C@@H](C(=O)Nc1ccc([N+](=O)[O-])cc1)N1C(=O)[C@@H]2[C@H](C1=O)C1(Cl)c3ccccc3C2(Cl)c2ccccc21. The van der Waals surface area contributed by atoms with Gasteiger partial charge in [-0.25, -0.2) is 0 Å². The van der Waals surface area contributed by atoms with Gasteiger partial charge in [0, 0.05) is 17.8 Å². The highest BCUT2D eigenvalue weighted by atomic mass is 35.5. The van der Waals surface area contributed by atoms with Crippen molar-refractivity contribution in [1.29, 1.82) is 0 Å². The maximum atomic E-state index is 14.2. The van der Waals surface area contributed by atoms with E-state index >= 15 is 0 Å². The second-order valence-electron chi connectivity index (χ2n) is 10.5. The van der Waals surface area contributed by atoms with Crippen LogP contribution in [0.25, 0.3) is 0 Å². The summed E-state index contributed by atoms with van der Waals surface area (Å²) in [6.07, 6.45) is 0. The van der Waals surface area contributed by atoms with Crippen LogP contribution in [0.4, 0.5) is 11.4 Å². The number of halogens is 2. The van der Waals surface area contributed by atoms with Crippen molar-refractivity contribution in [2.45, 2.75) is 29.6 Å². The summed E-state index contributed by atoms with van der Waals surface area (Å²) in [5.41, 5.74) is 2.90. The minimum atomic E-state index is -1.34. The first-order valence-corrected chi connectivity index (χ1v) is 13.3. The smallest absolute Gasteiger partial charge is 0.269 e. The molecule has 2 bridgehead atoms. The standard InChI is InChI=1S/C29H23Cl2N3O5/c1-15(2)24(25(35)32-16-11-13-17(14-12-16)34(38)39)33-26(36)22-23(27(33)37)29(31)19-8-4-3-7-18(19)28(22,30)20-9-5-6-10-21(20)29/h3-15,22-24H,1-2H3,(H,32,35)/t22-,23+,24-,28?,29?/m0/s1. The van der Waals surface area contributed by atoms with Gasteiger partial charge in [0.2, 0.25) is 17.7 Å². The van der Waals surface area contributed by atoms with Crippen molar-refractivity contribution in [2.24, 2.45) is 17.8 Å². The minimum Gasteiger partial charge on any atom is -0.324 e. The molecule has 1 N–H and O–H groups in total. The first-order chi connectivity index (χ1) is 18.5. The molecule has 4 aliphatic rings. The number of alkyl halides is 2. The Balaban J connectivity index is 1.44. The summed E-state index contributed by atoms with van der Waals surface area (Å²) >= 11 is 14.9. The zero-order valence-electron chi connectivity index (χ0n) is 20.9. The molecule has 1 fully saturated rings. The van der Waals surface area contributed by atoms with E-state index in [2.05, 4.69) is 5.32 Å². The number of nitrogens with zero attached hydrogens (tertiary/aromatic N) is 2. The zero-order chi connectivity index (χ0) is 27.9. The molecule has 39 heavy (non-hydrogen) atoms. The first-order valence-electron chi connectivity index (χ1n) is 12.5. The highest BCUT2D eigenvalue weighted by molar-refractivity contribution is 6.36. The van der Waals surface area contributed by atoms with E-state index in [1.807, 2.05) is 48.5 Å². The molecule has 3 amide bonds. The van der Waals surface area contributed by atoms with Gasteiger partial charge in [0.25, 0.3) is 5.69 Å². The molecule has 0 saturated carbocycles. The molecule has 1 aliphatic heterocycles. The molecule has 3 aromatic carbocycles. The van der Waals surface area contributed by atoms with Crippen LogP contribution in [0, 0.1) is 27.9 Å². The number of hydrogen-bond acceptors (Lipinski definition) is 5. The fourth-order valence-electron chi connectivity index (χ4n) is 6.56. The maximum Gasteiger partial charge on any atom is 0.269 e. The van der Waals surface area contributed by atoms with Crippen molar-refractivity contribution in [2.75, 3.05) is 5.32 Å². The van der Waals surface area contributed by atoms with Gasteiger partial charge < -0.3 is 5.32 Å². The molecule has 10 heteroatoms. The normalized spacial score (nSPS) is 27.2. The summed E-state index contributed by atoms with van der Waals surface area (Å²) in [5.74, 6) is -4.16. The molecular weight excluding hydrogens is 541 g/mol. The van der Waals surface area contributed by atoms with Crippen LogP contribution in [0.5, 0.6) is 0 Å². The lowest BCUT2D eigenvalue weighted by Crippen LogP contribution is -2.57. The van der Waals surface area contributed by atoms with Gasteiger partial charge in [-0.05, 0) is 40.3 Å². The maximum absolute atomic E-state index is 14.2. The molecular formula is C29H23Cl2N3O5. The van der Waals surface area contributed by atoms with Gasteiger partial charge in [-0.1, -0.05) is 62.4 Å². The Morgan fingerprint density at radius 1 is 0.846 bits per heavy atom. The van der Waals surface area contributed by atoms with Crippen LogP contribution >= 0.6 is 23.2 Å². The highest BCUT2D eigenvalue weighted by Gasteiger charge is 2.73. The minimum absolute atomic E-state index is 0.128. The van der Waals surface area contributed by atoms with Crippen molar-refractivity contribution < 1.29 is 19.3 Å². The average molecular weight is 564 g/mol. The topological polar surface area (TPSA) is 110 Å². The molecule has 0 spiro atoms. The van der Waals surface area contributed by atoms with E-state index in [4.69, 9.17) is 23.2 Å². The summed E-state index contributed by atoms with van der Waals surface area (Å²) in [5, 5.41) is 13.7. The summed E-state index contributed by atoms with van der Waals surface area (Å²) in [4.78, 5) is 50.8. The van der Waals surface area contributed by atoms with Crippen molar-refractivity contribution in [3.63, 3.8) is 0 Å². The average Bonchev–Trinajstić information content (AvgIpc) is 3.18. The van der Waals surface area contributed by atoms with Crippen molar-refractivity contribution in [1.82, 2.24) is 4.90 Å². The number of nitrogens with one attached hydrogen (secondary N) is 1. The van der Waals surface area contributed by atoms with Gasteiger partial charge in [-0.3, -0.25) is 29.4 Å². The molecule has 1 heterocycles. The molecule has 0 radical (unpaired) electrons. The molecule has 3 aliphatic carbocycles. The Hall–Kier alpha value is -3.75. The van der Waals surface area contributed by atoms with Crippen LogP contribution in [0.1, 0.15) is 36.1 Å². The van der Waals surface area contributed by atoms with Gasteiger partial charge in [-0.15, -0.1) is 23.2 Å². The number of hydrogen-bond donors (Lipinski definition) is 1. The molecule has 0 aromatic heterocycles. The molecule has 198 valence electrons. The van der Waals surface area contributed by atoms with E-state index in [1.165, 1.54) is 24.3 Å². The van der Waals surface area contributed by atoms with Crippen LogP contribution in [-0.4, -0.2) is 33.6 Å². The molecule has 8 nitrogen and oxygen atoms in total. The number of rotatable bonds is 5. The summed E-state index contributed by atoms with van der Waals surface area (Å²) in [7, 11) is 0. The monoisotopic (exact) mass is 563 g/mol. The number of likely N-dealkylation sites (tertiary alicyclic amines) is 1. The molecule has 0 unspecified atom stereocenters. The Morgan fingerprint density at radius 3 is 1.62 bits per heavy atom. The van der Waals surface area contributed by atoms with E-state index in [0.29, 0.717) is 27.9 Å². The number of nitro groups is 1. The number of imide groups is 1. The van der Waals surface area contributed by atoms with E-state index in [1.54, 1.807) is 13.8 Å². The fourth-order valence-corrected chi connectivity index (χ4v) is 7.66. The van der Waals surface area contributed by atoms with E-state index in [0.717, 1.165) is 4.90 Å².